The molecule has 4 heteroatoms. The summed E-state index contributed by atoms with van der Waals surface area (Å²) in [5, 5.41) is 0. The third-order valence-electron chi connectivity index (χ3n) is 4.15. The molecule has 0 aliphatic heterocycles. The zero-order chi connectivity index (χ0) is 16.8. The topological polar surface area (TPSA) is 38.8 Å². The van der Waals surface area contributed by atoms with Gasteiger partial charge in [0.25, 0.3) is 0 Å². The van der Waals surface area contributed by atoms with E-state index in [1.807, 2.05) is 47.4 Å². The summed E-state index contributed by atoms with van der Waals surface area (Å²) in [4.78, 5) is 14.6. The van der Waals surface area contributed by atoms with Gasteiger partial charge in [0.1, 0.15) is 0 Å². The second-order valence-electron chi connectivity index (χ2n) is 5.99. The first-order valence-corrected chi connectivity index (χ1v) is 8.37. The Kier molecular flexibility index (Phi) is 5.36. The Bertz CT molecular complexity index is 668. The molecule has 1 amide bonds. The van der Waals surface area contributed by atoms with Gasteiger partial charge in [-0.1, -0.05) is 42.5 Å². The molecule has 4 nitrogen and oxygen atoms in total. The monoisotopic (exact) mass is 325 g/mol. The van der Waals surface area contributed by atoms with Crippen LogP contribution >= 0.6 is 0 Å². The molecule has 1 aliphatic rings. The summed E-state index contributed by atoms with van der Waals surface area (Å²) in [5.41, 5.74) is 1.17. The molecule has 24 heavy (non-hydrogen) atoms. The van der Waals surface area contributed by atoms with Crippen molar-refractivity contribution in [2.24, 2.45) is 0 Å². The number of nitrogens with zero attached hydrogens (tertiary/aromatic N) is 1. The summed E-state index contributed by atoms with van der Waals surface area (Å²) in [5.74, 6) is 1.51. The first-order chi connectivity index (χ1) is 11.8. The zero-order valence-electron chi connectivity index (χ0n) is 14.0. The van der Waals surface area contributed by atoms with E-state index < -0.39 is 0 Å². The van der Waals surface area contributed by atoms with Crippen molar-refractivity contribution in [1.82, 2.24) is 4.90 Å². The molecule has 0 radical (unpaired) electrons. The van der Waals surface area contributed by atoms with Crippen LogP contribution in [0.15, 0.2) is 54.6 Å². The van der Waals surface area contributed by atoms with Crippen molar-refractivity contribution in [2.45, 2.75) is 31.8 Å². The molecule has 2 aromatic rings. The van der Waals surface area contributed by atoms with E-state index in [1.165, 1.54) is 5.56 Å². The van der Waals surface area contributed by atoms with E-state index in [4.69, 9.17) is 9.47 Å². The van der Waals surface area contributed by atoms with E-state index in [0.29, 0.717) is 37.1 Å². The van der Waals surface area contributed by atoms with Gasteiger partial charge < -0.3 is 14.4 Å². The molecular weight excluding hydrogens is 302 g/mol. The molecule has 0 aromatic heterocycles. The zero-order valence-corrected chi connectivity index (χ0v) is 14.0. The molecule has 0 atom stereocenters. The van der Waals surface area contributed by atoms with Crippen LogP contribution in [0.4, 0.5) is 0 Å². The maximum absolute atomic E-state index is 12.6. The highest BCUT2D eigenvalue weighted by atomic mass is 16.5. The number of rotatable bonds is 8. The fourth-order valence-corrected chi connectivity index (χ4v) is 2.72. The van der Waals surface area contributed by atoms with E-state index >= 15 is 0 Å². The third-order valence-corrected chi connectivity index (χ3v) is 4.15. The molecule has 1 fully saturated rings. The van der Waals surface area contributed by atoms with Gasteiger partial charge in [-0.05, 0) is 30.5 Å². The summed E-state index contributed by atoms with van der Waals surface area (Å²) in [6.07, 6.45) is 2.58. The molecule has 0 spiro atoms. The third kappa shape index (κ3) is 4.28. The van der Waals surface area contributed by atoms with E-state index in [-0.39, 0.29) is 5.91 Å². The number of benzene rings is 2. The second kappa shape index (κ2) is 7.86. The van der Waals surface area contributed by atoms with E-state index in [0.717, 1.165) is 12.8 Å². The van der Waals surface area contributed by atoms with Gasteiger partial charge in [-0.2, -0.15) is 0 Å². The minimum absolute atomic E-state index is 0.149. The molecule has 1 saturated carbocycles. The lowest BCUT2D eigenvalue weighted by atomic mass is 10.2. The molecule has 126 valence electrons. The highest BCUT2D eigenvalue weighted by Gasteiger charge is 2.32. The standard InChI is InChI=1S/C20H23NO3/c1-23-18-9-5-6-10-19(18)24-14-13-20(22)21(17-11-12-17)15-16-7-3-2-4-8-16/h2-10,17H,11-15H2,1H3. The van der Waals surface area contributed by atoms with Gasteiger partial charge in [0.15, 0.2) is 11.5 Å². The van der Waals surface area contributed by atoms with Crippen LogP contribution in [0, 0.1) is 0 Å². The van der Waals surface area contributed by atoms with Crippen LogP contribution in [-0.2, 0) is 11.3 Å². The molecule has 0 saturated heterocycles. The lowest BCUT2D eigenvalue weighted by Crippen LogP contribution is -2.33. The Labute approximate surface area is 143 Å². The van der Waals surface area contributed by atoms with E-state index in [2.05, 4.69) is 12.1 Å². The number of ether oxygens (including phenoxy) is 2. The Morgan fingerprint density at radius 1 is 1.04 bits per heavy atom. The van der Waals surface area contributed by atoms with Crippen LogP contribution in [0.3, 0.4) is 0 Å². The van der Waals surface area contributed by atoms with Crippen molar-refractivity contribution in [2.75, 3.05) is 13.7 Å². The summed E-state index contributed by atoms with van der Waals surface area (Å²) >= 11 is 0. The molecule has 0 unspecified atom stereocenters. The minimum atomic E-state index is 0.149. The van der Waals surface area contributed by atoms with Crippen molar-refractivity contribution in [3.05, 3.63) is 60.2 Å². The fraction of sp³-hybridized carbons (Fsp3) is 0.350. The highest BCUT2D eigenvalue weighted by Crippen LogP contribution is 2.29. The fourth-order valence-electron chi connectivity index (χ4n) is 2.72. The maximum atomic E-state index is 12.6. The SMILES string of the molecule is COc1ccccc1OCCC(=O)N(Cc1ccccc1)C1CC1. The van der Waals surface area contributed by atoms with Gasteiger partial charge in [0.2, 0.25) is 5.91 Å². The molecule has 3 rings (SSSR count). The number of hydrogen-bond donors (Lipinski definition) is 0. The van der Waals surface area contributed by atoms with Crippen molar-refractivity contribution < 1.29 is 14.3 Å². The second-order valence-corrected chi connectivity index (χ2v) is 5.99. The Balaban J connectivity index is 1.54. The quantitative estimate of drug-likeness (QED) is 0.743. The van der Waals surface area contributed by atoms with E-state index in [1.54, 1.807) is 7.11 Å². The molecule has 1 aliphatic carbocycles. The predicted octanol–water partition coefficient (Wildman–Crippen LogP) is 3.66. The molecule has 0 N–H and O–H groups in total. The smallest absolute Gasteiger partial charge is 0.226 e. The van der Waals surface area contributed by atoms with E-state index in [9.17, 15) is 4.79 Å². The summed E-state index contributed by atoms with van der Waals surface area (Å²) in [7, 11) is 1.61. The van der Waals surface area contributed by atoms with Gasteiger partial charge in [-0.25, -0.2) is 0 Å². The number of amides is 1. The van der Waals surface area contributed by atoms with Crippen LogP contribution in [0.5, 0.6) is 11.5 Å². The summed E-state index contributed by atoms with van der Waals surface area (Å²) < 4.78 is 11.0. The van der Waals surface area contributed by atoms with Gasteiger partial charge in [-0.3, -0.25) is 4.79 Å². The molecule has 0 heterocycles. The number of para-hydroxylation sites is 2. The summed E-state index contributed by atoms with van der Waals surface area (Å²) in [6, 6.07) is 18.0. The van der Waals surface area contributed by atoms with Crippen LogP contribution in [-0.4, -0.2) is 30.6 Å². The van der Waals surface area contributed by atoms with Gasteiger partial charge in [0.05, 0.1) is 20.1 Å². The minimum Gasteiger partial charge on any atom is -0.493 e. The van der Waals surface area contributed by atoms with Crippen molar-refractivity contribution in [1.29, 1.82) is 0 Å². The lowest BCUT2D eigenvalue weighted by molar-refractivity contribution is -0.132. The van der Waals surface area contributed by atoms with Crippen LogP contribution < -0.4 is 9.47 Å². The normalized spacial score (nSPS) is 13.4. The van der Waals surface area contributed by atoms with Crippen LogP contribution in [0.1, 0.15) is 24.8 Å². The molecule has 0 bridgehead atoms. The van der Waals surface area contributed by atoms with Gasteiger partial charge >= 0.3 is 0 Å². The highest BCUT2D eigenvalue weighted by molar-refractivity contribution is 5.77. The largest absolute Gasteiger partial charge is 0.493 e. The van der Waals surface area contributed by atoms with Crippen molar-refractivity contribution in [3.63, 3.8) is 0 Å². The average Bonchev–Trinajstić information content (AvgIpc) is 3.46. The summed E-state index contributed by atoms with van der Waals surface area (Å²) in [6.45, 7) is 1.04. The Hall–Kier alpha value is -2.49. The maximum Gasteiger partial charge on any atom is 0.226 e. The first-order valence-electron chi connectivity index (χ1n) is 8.37. The number of hydrogen-bond acceptors (Lipinski definition) is 3. The Morgan fingerprint density at radius 3 is 2.38 bits per heavy atom. The first kappa shape index (κ1) is 16.4. The van der Waals surface area contributed by atoms with Crippen LogP contribution in [0.25, 0.3) is 0 Å². The number of carbonyl (C=O) groups is 1. The lowest BCUT2D eigenvalue weighted by Gasteiger charge is -2.23. The van der Waals surface area contributed by atoms with Crippen molar-refractivity contribution >= 4 is 5.91 Å². The van der Waals surface area contributed by atoms with Crippen LogP contribution in [0.2, 0.25) is 0 Å². The molecular formula is C20H23NO3. The number of carbonyl (C=O) groups excluding carboxylic acids is 1. The van der Waals surface area contributed by atoms with Crippen molar-refractivity contribution in [3.8, 4) is 11.5 Å². The van der Waals surface area contributed by atoms with Gasteiger partial charge in [-0.15, -0.1) is 0 Å². The molecule has 2 aromatic carbocycles. The Morgan fingerprint density at radius 2 is 1.71 bits per heavy atom. The number of methoxy groups -OCH3 is 1. The van der Waals surface area contributed by atoms with Gasteiger partial charge in [0, 0.05) is 12.6 Å². The average molecular weight is 325 g/mol. The predicted molar refractivity (Wildman–Crippen MR) is 93.1 cm³/mol.